The molecule has 0 atom stereocenters. The Balaban J connectivity index is 1.37. The van der Waals surface area contributed by atoms with Crippen molar-refractivity contribution in [1.82, 2.24) is 15.0 Å². The molecule has 5 aromatic rings. The second-order valence-corrected chi connectivity index (χ2v) is 7.21. The van der Waals surface area contributed by atoms with Crippen LogP contribution in [0.5, 0.6) is 11.8 Å². The highest BCUT2D eigenvalue weighted by Gasteiger charge is 2.15. The van der Waals surface area contributed by atoms with E-state index in [1.54, 1.807) is 48.5 Å². The molecule has 0 aliphatic carbocycles. The number of amides is 2. The molecule has 0 aliphatic rings. The molecular formula is C23H15N7O4. The summed E-state index contributed by atoms with van der Waals surface area (Å²) in [5, 5.41) is 36.3. The van der Waals surface area contributed by atoms with Gasteiger partial charge in [0.15, 0.2) is 11.4 Å². The molecule has 0 spiro atoms. The van der Waals surface area contributed by atoms with Crippen LogP contribution in [0.2, 0.25) is 0 Å². The van der Waals surface area contributed by atoms with Crippen LogP contribution in [0.25, 0.3) is 21.8 Å². The summed E-state index contributed by atoms with van der Waals surface area (Å²) < 4.78 is 0. The first-order valence-corrected chi connectivity index (χ1v) is 9.98. The molecule has 166 valence electrons. The molecule has 0 bridgehead atoms. The van der Waals surface area contributed by atoms with Crippen LogP contribution in [0.4, 0.5) is 11.4 Å². The van der Waals surface area contributed by atoms with E-state index in [1.165, 1.54) is 18.5 Å². The summed E-state index contributed by atoms with van der Waals surface area (Å²) >= 11 is 0. The van der Waals surface area contributed by atoms with E-state index in [-0.39, 0.29) is 34.3 Å². The molecule has 0 saturated heterocycles. The van der Waals surface area contributed by atoms with Gasteiger partial charge in [-0.25, -0.2) is 0 Å². The average Bonchev–Trinajstić information content (AvgIpc) is 3.35. The lowest BCUT2D eigenvalue weighted by Crippen LogP contribution is -2.01. The number of hydrogen-bond donors (Lipinski definition) is 4. The number of carbonyl (C=O) groups is 2. The van der Waals surface area contributed by atoms with Gasteiger partial charge in [0.2, 0.25) is 11.8 Å². The third-order valence-electron chi connectivity index (χ3n) is 5.03. The summed E-state index contributed by atoms with van der Waals surface area (Å²) in [6, 6.07) is 15.3. The highest BCUT2D eigenvalue weighted by atomic mass is 16.3. The van der Waals surface area contributed by atoms with E-state index in [1.807, 2.05) is 0 Å². The molecule has 11 heteroatoms. The van der Waals surface area contributed by atoms with Crippen LogP contribution < -0.4 is 0 Å². The van der Waals surface area contributed by atoms with Crippen LogP contribution in [0.3, 0.4) is 0 Å². The van der Waals surface area contributed by atoms with Gasteiger partial charge in [0.25, 0.3) is 11.8 Å². The van der Waals surface area contributed by atoms with Crippen LogP contribution in [-0.4, -0.2) is 37.0 Å². The summed E-state index contributed by atoms with van der Waals surface area (Å²) in [5.41, 5.74) is 1.52. The number of pyridine rings is 1. The number of azo groups is 2. The zero-order chi connectivity index (χ0) is 23.7. The Morgan fingerprint density at radius 3 is 1.62 bits per heavy atom. The van der Waals surface area contributed by atoms with E-state index in [4.69, 9.17) is 0 Å². The summed E-state index contributed by atoms with van der Waals surface area (Å²) in [4.78, 5) is 34.4. The smallest absolute Gasteiger partial charge is 0.296 e. The van der Waals surface area contributed by atoms with Crippen molar-refractivity contribution in [1.29, 1.82) is 0 Å². The number of aromatic nitrogens is 3. The van der Waals surface area contributed by atoms with Crippen LogP contribution in [-0.2, 0) is 0 Å². The van der Waals surface area contributed by atoms with Gasteiger partial charge in [0, 0.05) is 23.2 Å². The average molecular weight is 453 g/mol. The molecule has 0 fully saturated rings. The van der Waals surface area contributed by atoms with E-state index < -0.39 is 11.8 Å². The van der Waals surface area contributed by atoms with Crippen molar-refractivity contribution in [2.24, 2.45) is 20.5 Å². The zero-order valence-corrected chi connectivity index (χ0v) is 17.3. The molecule has 2 amide bonds. The molecule has 3 aromatic heterocycles. The number of fused-ring (bicyclic) bond motifs is 2. The fraction of sp³-hybridized carbons (Fsp3) is 0. The number of nitrogens with zero attached hydrogens (tertiary/aromatic N) is 5. The van der Waals surface area contributed by atoms with Gasteiger partial charge in [-0.3, -0.25) is 14.6 Å². The van der Waals surface area contributed by atoms with Crippen molar-refractivity contribution >= 4 is 45.0 Å². The third kappa shape index (κ3) is 3.77. The van der Waals surface area contributed by atoms with Crippen LogP contribution in [0.15, 0.2) is 87.4 Å². The van der Waals surface area contributed by atoms with Gasteiger partial charge in [-0.15, -0.1) is 20.5 Å². The minimum Gasteiger partial charge on any atom is -0.493 e. The molecule has 11 nitrogen and oxygen atoms in total. The fourth-order valence-electron chi connectivity index (χ4n) is 3.41. The van der Waals surface area contributed by atoms with E-state index in [0.717, 1.165) is 0 Å². The number of H-pyrrole nitrogens is 2. The summed E-state index contributed by atoms with van der Waals surface area (Å²) in [6.45, 7) is 0. The van der Waals surface area contributed by atoms with Crippen molar-refractivity contribution in [3.8, 4) is 11.8 Å². The Labute approximate surface area is 190 Å². The minimum absolute atomic E-state index is 0.000859. The SMILES string of the molecule is O=C(N=Nc1c(O)[nH]c2ccccc12)c1cncc(C(=O)N=Nc2c(O)[nH]c3ccccc23)c1. The standard InChI is InChI=1S/C23H15N7O4/c31-20(29-27-18-14-5-1-3-7-16(14)25-22(18)33)12-9-13(11-24-10-12)21(32)30-28-19-15-6-2-4-8-17(15)26-23(19)34/h1-11,25-26,33-34H. The fourth-order valence-corrected chi connectivity index (χ4v) is 3.41. The van der Waals surface area contributed by atoms with Crippen molar-refractivity contribution in [2.45, 2.75) is 0 Å². The minimum atomic E-state index is -0.766. The highest BCUT2D eigenvalue weighted by Crippen LogP contribution is 2.36. The predicted octanol–water partition coefficient (Wildman–Crippen LogP) is 5.30. The van der Waals surface area contributed by atoms with Gasteiger partial charge in [0.05, 0.1) is 22.2 Å². The van der Waals surface area contributed by atoms with Crippen LogP contribution in [0.1, 0.15) is 20.7 Å². The number of aromatic amines is 2. The Hall–Kier alpha value is -5.19. The van der Waals surface area contributed by atoms with Gasteiger partial charge < -0.3 is 20.2 Å². The van der Waals surface area contributed by atoms with Crippen molar-refractivity contribution in [3.05, 3.63) is 78.1 Å². The lowest BCUT2D eigenvalue weighted by Gasteiger charge is -1.98. The van der Waals surface area contributed by atoms with Crippen molar-refractivity contribution < 1.29 is 19.8 Å². The van der Waals surface area contributed by atoms with Gasteiger partial charge >= 0.3 is 0 Å². The van der Waals surface area contributed by atoms with Crippen LogP contribution in [0, 0.1) is 0 Å². The number of aromatic hydroxyl groups is 2. The second-order valence-electron chi connectivity index (χ2n) is 7.21. The molecule has 0 unspecified atom stereocenters. The third-order valence-corrected chi connectivity index (χ3v) is 5.03. The number of para-hydroxylation sites is 2. The molecule has 4 N–H and O–H groups in total. The maximum atomic E-state index is 12.5. The number of benzene rings is 2. The van der Waals surface area contributed by atoms with Crippen molar-refractivity contribution in [2.75, 3.05) is 0 Å². The molecule has 5 rings (SSSR count). The molecule has 0 saturated carbocycles. The van der Waals surface area contributed by atoms with Gasteiger partial charge in [-0.05, 0) is 18.2 Å². The number of nitrogens with one attached hydrogen (secondary N) is 2. The van der Waals surface area contributed by atoms with Gasteiger partial charge in [0.1, 0.15) is 0 Å². The van der Waals surface area contributed by atoms with Crippen molar-refractivity contribution in [3.63, 3.8) is 0 Å². The van der Waals surface area contributed by atoms with E-state index >= 15 is 0 Å². The van der Waals surface area contributed by atoms with E-state index in [2.05, 4.69) is 35.4 Å². The molecular weight excluding hydrogens is 438 g/mol. The Kier molecular flexibility index (Phi) is 5.11. The summed E-state index contributed by atoms with van der Waals surface area (Å²) in [7, 11) is 0. The monoisotopic (exact) mass is 453 g/mol. The number of carbonyl (C=O) groups excluding carboxylic acids is 2. The second kappa shape index (κ2) is 8.39. The Bertz CT molecular complexity index is 1510. The van der Waals surface area contributed by atoms with E-state index in [9.17, 15) is 19.8 Å². The lowest BCUT2D eigenvalue weighted by molar-refractivity contribution is 0.0994. The Morgan fingerprint density at radius 1 is 0.706 bits per heavy atom. The lowest BCUT2D eigenvalue weighted by atomic mass is 10.2. The topological polar surface area (TPSA) is 169 Å². The van der Waals surface area contributed by atoms with Crippen LogP contribution >= 0.6 is 0 Å². The first-order chi connectivity index (χ1) is 16.5. The number of rotatable bonds is 4. The molecule has 34 heavy (non-hydrogen) atoms. The first-order valence-electron chi connectivity index (χ1n) is 9.98. The normalized spacial score (nSPS) is 11.8. The molecule has 2 aromatic carbocycles. The predicted molar refractivity (Wildman–Crippen MR) is 122 cm³/mol. The highest BCUT2D eigenvalue weighted by molar-refractivity contribution is 6.01. The quantitative estimate of drug-likeness (QED) is 0.270. The largest absolute Gasteiger partial charge is 0.493 e. The van der Waals surface area contributed by atoms with Gasteiger partial charge in [-0.1, -0.05) is 36.4 Å². The van der Waals surface area contributed by atoms with E-state index in [0.29, 0.717) is 21.8 Å². The molecule has 0 radical (unpaired) electrons. The molecule has 3 heterocycles. The Morgan fingerprint density at radius 2 is 1.15 bits per heavy atom. The maximum absolute atomic E-state index is 12.5. The summed E-state index contributed by atoms with van der Waals surface area (Å²) in [5.74, 6) is -1.97. The first kappa shape index (κ1) is 20.7. The summed E-state index contributed by atoms with van der Waals surface area (Å²) in [6.07, 6.45) is 2.46. The number of hydrogen-bond acceptors (Lipinski definition) is 7. The maximum Gasteiger partial charge on any atom is 0.296 e. The zero-order valence-electron chi connectivity index (χ0n) is 17.3. The van der Waals surface area contributed by atoms with Gasteiger partial charge in [-0.2, -0.15) is 0 Å². The molecule has 0 aliphatic heterocycles.